The van der Waals surface area contributed by atoms with E-state index in [1.807, 2.05) is 45.2 Å². The second kappa shape index (κ2) is 10.3. The number of nitrogens with zero attached hydrogens (tertiary/aromatic N) is 2. The lowest BCUT2D eigenvalue weighted by Gasteiger charge is -2.34. The molecule has 0 saturated carbocycles. The van der Waals surface area contributed by atoms with Crippen molar-refractivity contribution >= 4 is 23.4 Å². The summed E-state index contributed by atoms with van der Waals surface area (Å²) < 4.78 is 5.50. The van der Waals surface area contributed by atoms with Gasteiger partial charge in [0.25, 0.3) is 0 Å². The first-order valence-corrected chi connectivity index (χ1v) is 11.2. The molecule has 1 aliphatic rings. The topological polar surface area (TPSA) is 86.2 Å². The molecule has 29 heavy (non-hydrogen) atoms. The standard InChI is InChI=1S/C21H36N4O3S/c1-6-22-18(24-15-21(5,27)17-10-8-12-29-17)23-13-16-9-7-11-25(14-16)19(26)28-20(2,3)4/h8,10,12,16,27H,6-7,9,11,13-15H2,1-5H3,(H2,22,23,24). The van der Waals surface area contributed by atoms with Crippen molar-refractivity contribution in [2.75, 3.05) is 32.7 Å². The van der Waals surface area contributed by atoms with Crippen molar-refractivity contribution in [3.8, 4) is 0 Å². The molecule has 164 valence electrons. The molecule has 2 unspecified atom stereocenters. The van der Waals surface area contributed by atoms with Crippen LogP contribution in [0, 0.1) is 5.92 Å². The Morgan fingerprint density at radius 1 is 1.38 bits per heavy atom. The highest BCUT2D eigenvalue weighted by molar-refractivity contribution is 7.10. The van der Waals surface area contributed by atoms with Gasteiger partial charge in [0, 0.05) is 31.1 Å². The van der Waals surface area contributed by atoms with Crippen molar-refractivity contribution < 1.29 is 14.6 Å². The molecule has 0 radical (unpaired) electrons. The van der Waals surface area contributed by atoms with Crippen molar-refractivity contribution in [1.29, 1.82) is 0 Å². The average molecular weight is 425 g/mol. The Bertz CT molecular complexity index is 668. The molecule has 1 saturated heterocycles. The molecule has 3 N–H and O–H groups in total. The average Bonchev–Trinajstić information content (AvgIpc) is 3.19. The summed E-state index contributed by atoms with van der Waals surface area (Å²) in [6.45, 7) is 12.6. The molecule has 7 nitrogen and oxygen atoms in total. The molecule has 0 aromatic carbocycles. The largest absolute Gasteiger partial charge is 0.444 e. The van der Waals surface area contributed by atoms with Gasteiger partial charge in [0.2, 0.25) is 0 Å². The molecular weight excluding hydrogens is 388 g/mol. The summed E-state index contributed by atoms with van der Waals surface area (Å²) in [5.74, 6) is 1.01. The van der Waals surface area contributed by atoms with Crippen molar-refractivity contribution in [3.05, 3.63) is 22.4 Å². The number of guanidine groups is 1. The van der Waals surface area contributed by atoms with E-state index in [1.54, 1.807) is 11.8 Å². The lowest BCUT2D eigenvalue weighted by atomic mass is 9.98. The van der Waals surface area contributed by atoms with E-state index in [4.69, 9.17) is 4.74 Å². The summed E-state index contributed by atoms with van der Waals surface area (Å²) in [5.41, 5.74) is -1.47. The third kappa shape index (κ3) is 7.85. The van der Waals surface area contributed by atoms with Gasteiger partial charge in [-0.1, -0.05) is 6.07 Å². The number of nitrogens with one attached hydrogen (secondary N) is 2. The van der Waals surface area contributed by atoms with E-state index >= 15 is 0 Å². The van der Waals surface area contributed by atoms with E-state index < -0.39 is 11.2 Å². The third-order valence-electron chi connectivity index (χ3n) is 4.67. The Morgan fingerprint density at radius 2 is 2.14 bits per heavy atom. The first kappa shape index (κ1) is 23.5. The highest BCUT2D eigenvalue weighted by atomic mass is 32.1. The number of amides is 1. The van der Waals surface area contributed by atoms with E-state index in [0.717, 1.165) is 30.8 Å². The van der Waals surface area contributed by atoms with Crippen LogP contribution in [0.3, 0.4) is 0 Å². The zero-order valence-electron chi connectivity index (χ0n) is 18.3. The molecule has 2 heterocycles. The summed E-state index contributed by atoms with van der Waals surface area (Å²) >= 11 is 1.53. The number of carbonyl (C=O) groups excluding carboxylic acids is 1. The predicted molar refractivity (Wildman–Crippen MR) is 118 cm³/mol. The molecule has 1 aromatic heterocycles. The van der Waals surface area contributed by atoms with E-state index in [1.165, 1.54) is 11.3 Å². The summed E-state index contributed by atoms with van der Waals surface area (Å²) in [4.78, 5) is 19.6. The van der Waals surface area contributed by atoms with E-state index in [0.29, 0.717) is 25.0 Å². The monoisotopic (exact) mass is 424 g/mol. The number of carbonyl (C=O) groups is 1. The lowest BCUT2D eigenvalue weighted by Crippen LogP contribution is -2.47. The first-order valence-electron chi connectivity index (χ1n) is 10.4. The summed E-state index contributed by atoms with van der Waals surface area (Å²) in [6, 6.07) is 3.86. The zero-order valence-corrected chi connectivity index (χ0v) is 19.1. The summed E-state index contributed by atoms with van der Waals surface area (Å²) in [6.07, 6.45) is 1.78. The van der Waals surface area contributed by atoms with Crippen molar-refractivity contribution in [2.45, 2.75) is 58.7 Å². The van der Waals surface area contributed by atoms with Crippen molar-refractivity contribution in [2.24, 2.45) is 10.9 Å². The Balaban J connectivity index is 1.90. The zero-order chi connectivity index (χ0) is 21.5. The van der Waals surface area contributed by atoms with Gasteiger partial charge in [-0.2, -0.15) is 0 Å². The number of hydrogen-bond donors (Lipinski definition) is 3. The maximum atomic E-state index is 12.3. The Hall–Kier alpha value is -1.80. The van der Waals surface area contributed by atoms with Gasteiger partial charge >= 0.3 is 6.09 Å². The van der Waals surface area contributed by atoms with E-state index in [2.05, 4.69) is 15.6 Å². The van der Waals surface area contributed by atoms with E-state index in [9.17, 15) is 9.90 Å². The fourth-order valence-electron chi connectivity index (χ4n) is 3.20. The van der Waals surface area contributed by atoms with Gasteiger partial charge in [-0.05, 0) is 64.8 Å². The quantitative estimate of drug-likeness (QED) is 0.482. The van der Waals surface area contributed by atoms with Crippen LogP contribution in [0.2, 0.25) is 0 Å². The van der Waals surface area contributed by atoms with Crippen molar-refractivity contribution in [3.63, 3.8) is 0 Å². The van der Waals surface area contributed by atoms with Gasteiger partial charge < -0.3 is 25.4 Å². The van der Waals surface area contributed by atoms with Crippen LogP contribution >= 0.6 is 11.3 Å². The second-order valence-corrected chi connectivity index (χ2v) is 9.71. The van der Waals surface area contributed by atoms with Crippen LogP contribution in [0.15, 0.2) is 22.5 Å². The minimum absolute atomic E-state index is 0.241. The van der Waals surface area contributed by atoms with Crippen LogP contribution in [-0.4, -0.2) is 60.4 Å². The normalized spacial score (nSPS) is 20.1. The summed E-state index contributed by atoms with van der Waals surface area (Å²) in [5, 5.41) is 19.2. The Morgan fingerprint density at radius 3 is 2.76 bits per heavy atom. The molecule has 0 aliphatic carbocycles. The van der Waals surface area contributed by atoms with Gasteiger partial charge in [0.15, 0.2) is 5.96 Å². The first-order chi connectivity index (χ1) is 13.6. The fourth-order valence-corrected chi connectivity index (χ4v) is 3.98. The smallest absolute Gasteiger partial charge is 0.410 e. The molecule has 0 bridgehead atoms. The third-order valence-corrected chi connectivity index (χ3v) is 5.79. The van der Waals surface area contributed by atoms with Crippen LogP contribution in [0.25, 0.3) is 0 Å². The van der Waals surface area contributed by atoms with Crippen LogP contribution in [0.1, 0.15) is 52.3 Å². The van der Waals surface area contributed by atoms with Crippen molar-refractivity contribution in [1.82, 2.24) is 15.5 Å². The minimum Gasteiger partial charge on any atom is -0.444 e. The highest BCUT2D eigenvalue weighted by Crippen LogP contribution is 2.25. The number of ether oxygens (including phenoxy) is 1. The number of rotatable bonds is 6. The van der Waals surface area contributed by atoms with Gasteiger partial charge in [-0.25, -0.2) is 9.79 Å². The molecule has 1 amide bonds. The van der Waals surface area contributed by atoms with Crippen LogP contribution in [0.4, 0.5) is 4.79 Å². The highest BCUT2D eigenvalue weighted by Gasteiger charge is 2.28. The number of likely N-dealkylation sites (tertiary alicyclic amines) is 1. The Kier molecular flexibility index (Phi) is 8.34. The molecule has 1 fully saturated rings. The van der Waals surface area contributed by atoms with Crippen LogP contribution < -0.4 is 10.6 Å². The number of piperidine rings is 1. The Labute approximate surface area is 178 Å². The maximum Gasteiger partial charge on any atom is 0.410 e. The molecule has 2 atom stereocenters. The molecule has 1 aliphatic heterocycles. The van der Waals surface area contributed by atoms with E-state index in [-0.39, 0.29) is 12.6 Å². The number of aliphatic imine (C=N–C) groups is 1. The lowest BCUT2D eigenvalue weighted by molar-refractivity contribution is 0.0168. The van der Waals surface area contributed by atoms with Gasteiger partial charge in [-0.15, -0.1) is 11.3 Å². The molecule has 2 rings (SSSR count). The van der Waals surface area contributed by atoms with Crippen LogP contribution in [-0.2, 0) is 10.3 Å². The van der Waals surface area contributed by atoms with Gasteiger partial charge in [0.05, 0.1) is 6.54 Å². The number of aliphatic hydroxyl groups is 1. The minimum atomic E-state index is -0.991. The molecule has 8 heteroatoms. The van der Waals surface area contributed by atoms with Gasteiger partial charge in [-0.3, -0.25) is 0 Å². The SMILES string of the molecule is CCNC(=NCC(C)(O)c1cccs1)NCC1CCCN(C(=O)OC(C)(C)C)C1. The predicted octanol–water partition coefficient (Wildman–Crippen LogP) is 3.16. The number of hydrogen-bond acceptors (Lipinski definition) is 5. The molecular formula is C21H36N4O3S. The van der Waals surface area contributed by atoms with Gasteiger partial charge in [0.1, 0.15) is 11.2 Å². The summed E-state index contributed by atoms with van der Waals surface area (Å²) in [7, 11) is 0. The maximum absolute atomic E-state index is 12.3. The molecule has 0 spiro atoms. The second-order valence-electron chi connectivity index (χ2n) is 8.76. The molecule has 1 aromatic rings. The fraction of sp³-hybridized carbons (Fsp3) is 0.714. The van der Waals surface area contributed by atoms with Crippen LogP contribution in [0.5, 0.6) is 0 Å². The number of thiophene rings is 1.